The summed E-state index contributed by atoms with van der Waals surface area (Å²) in [6.07, 6.45) is 4.10. The van der Waals surface area contributed by atoms with Crippen molar-refractivity contribution in [3.8, 4) is 0 Å². The number of ketones is 2. The minimum absolute atomic E-state index is 0.0118. The number of aromatic nitrogens is 2. The second-order valence-corrected chi connectivity index (χ2v) is 4.96. The molecule has 0 amide bonds. The van der Waals surface area contributed by atoms with Gasteiger partial charge in [-0.2, -0.15) is 0 Å². The lowest BCUT2D eigenvalue weighted by Gasteiger charge is -2.14. The summed E-state index contributed by atoms with van der Waals surface area (Å²) in [6, 6.07) is -0.554. The summed E-state index contributed by atoms with van der Waals surface area (Å²) >= 11 is 0. The standard InChI is InChI=1S/C13H22N4O3/c1-9(7-17-20-8-10(2)18)5-12(19)11(14)6-13-15-3-4-16-13/h3-4,9,11,17H,5-8,14H2,1-2H3,(H,15,16)/t9-,11+/m1/s1. The van der Waals surface area contributed by atoms with Crippen LogP contribution in [0.5, 0.6) is 0 Å². The third-order valence-corrected chi connectivity index (χ3v) is 2.74. The number of rotatable bonds is 10. The molecule has 20 heavy (non-hydrogen) atoms. The Morgan fingerprint density at radius 1 is 1.55 bits per heavy atom. The normalized spacial score (nSPS) is 13.9. The molecule has 0 aromatic carbocycles. The van der Waals surface area contributed by atoms with E-state index in [0.29, 0.717) is 25.2 Å². The highest BCUT2D eigenvalue weighted by Crippen LogP contribution is 2.05. The van der Waals surface area contributed by atoms with Crippen LogP contribution in [-0.4, -0.2) is 40.7 Å². The lowest BCUT2D eigenvalue weighted by molar-refractivity contribution is -0.125. The molecule has 0 unspecified atom stereocenters. The number of carbonyl (C=O) groups excluding carboxylic acids is 2. The molecule has 0 aliphatic rings. The van der Waals surface area contributed by atoms with Crippen LogP contribution < -0.4 is 11.2 Å². The number of hydroxylamine groups is 1. The van der Waals surface area contributed by atoms with E-state index in [-0.39, 0.29) is 24.1 Å². The van der Waals surface area contributed by atoms with Crippen LogP contribution in [0.3, 0.4) is 0 Å². The number of H-pyrrole nitrogens is 1. The third-order valence-electron chi connectivity index (χ3n) is 2.74. The van der Waals surface area contributed by atoms with Crippen LogP contribution in [0.1, 0.15) is 26.1 Å². The van der Waals surface area contributed by atoms with E-state index in [0.717, 1.165) is 0 Å². The zero-order valence-corrected chi connectivity index (χ0v) is 11.9. The number of nitrogens with zero attached hydrogens (tertiary/aromatic N) is 1. The molecular formula is C13H22N4O3. The molecule has 0 fully saturated rings. The Balaban J connectivity index is 2.21. The minimum Gasteiger partial charge on any atom is -0.349 e. The van der Waals surface area contributed by atoms with Crippen LogP contribution >= 0.6 is 0 Å². The van der Waals surface area contributed by atoms with E-state index in [9.17, 15) is 9.59 Å². The number of hydrogen-bond acceptors (Lipinski definition) is 6. The smallest absolute Gasteiger partial charge is 0.157 e. The molecule has 0 aliphatic heterocycles. The van der Waals surface area contributed by atoms with Crippen LogP contribution in [0.4, 0.5) is 0 Å². The first-order valence-electron chi connectivity index (χ1n) is 6.59. The molecule has 1 heterocycles. The molecule has 7 nitrogen and oxygen atoms in total. The van der Waals surface area contributed by atoms with Gasteiger partial charge in [0.25, 0.3) is 0 Å². The van der Waals surface area contributed by atoms with E-state index in [1.807, 2.05) is 6.92 Å². The van der Waals surface area contributed by atoms with Gasteiger partial charge in [-0.15, -0.1) is 0 Å². The molecular weight excluding hydrogens is 260 g/mol. The van der Waals surface area contributed by atoms with Crippen molar-refractivity contribution in [2.45, 2.75) is 32.7 Å². The van der Waals surface area contributed by atoms with Crippen molar-refractivity contribution in [1.29, 1.82) is 0 Å². The van der Waals surface area contributed by atoms with Crippen LogP contribution in [-0.2, 0) is 20.8 Å². The van der Waals surface area contributed by atoms with Crippen LogP contribution in [0, 0.1) is 5.92 Å². The molecule has 0 radical (unpaired) electrons. The molecule has 1 aromatic heterocycles. The van der Waals surface area contributed by atoms with Gasteiger partial charge < -0.3 is 10.7 Å². The zero-order valence-electron chi connectivity index (χ0n) is 11.9. The Labute approximate surface area is 118 Å². The molecule has 4 N–H and O–H groups in total. The molecule has 0 saturated heterocycles. The van der Waals surface area contributed by atoms with Gasteiger partial charge >= 0.3 is 0 Å². The maximum Gasteiger partial charge on any atom is 0.157 e. The van der Waals surface area contributed by atoms with Crippen molar-refractivity contribution >= 4 is 11.6 Å². The molecule has 7 heteroatoms. The first kappa shape index (κ1) is 16.5. The minimum atomic E-state index is -0.554. The maximum atomic E-state index is 11.9. The molecule has 1 rings (SSSR count). The van der Waals surface area contributed by atoms with Gasteiger partial charge in [0.15, 0.2) is 5.78 Å². The summed E-state index contributed by atoms with van der Waals surface area (Å²) in [5, 5.41) is 0. The fourth-order valence-corrected chi connectivity index (χ4v) is 1.65. The van der Waals surface area contributed by atoms with E-state index < -0.39 is 6.04 Å². The van der Waals surface area contributed by atoms with Gasteiger partial charge in [-0.3, -0.25) is 14.4 Å². The summed E-state index contributed by atoms with van der Waals surface area (Å²) in [5.74, 6) is 0.725. The van der Waals surface area contributed by atoms with Crippen molar-refractivity contribution in [3.63, 3.8) is 0 Å². The molecule has 2 atom stereocenters. The largest absolute Gasteiger partial charge is 0.349 e. The Morgan fingerprint density at radius 3 is 2.90 bits per heavy atom. The monoisotopic (exact) mass is 282 g/mol. The van der Waals surface area contributed by atoms with E-state index >= 15 is 0 Å². The van der Waals surface area contributed by atoms with E-state index in [4.69, 9.17) is 10.6 Å². The number of Topliss-reactive ketones (excluding diaryl/α,β-unsaturated/α-hetero) is 2. The number of hydrogen-bond donors (Lipinski definition) is 3. The predicted molar refractivity (Wildman–Crippen MR) is 73.7 cm³/mol. The highest BCUT2D eigenvalue weighted by atomic mass is 16.6. The number of aromatic amines is 1. The predicted octanol–water partition coefficient (Wildman–Crippen LogP) is -0.0150. The van der Waals surface area contributed by atoms with Crippen LogP contribution in [0.15, 0.2) is 12.4 Å². The molecule has 0 saturated carbocycles. The third kappa shape index (κ3) is 6.55. The average Bonchev–Trinajstić information content (AvgIpc) is 2.87. The van der Waals surface area contributed by atoms with Crippen molar-refractivity contribution < 1.29 is 14.4 Å². The number of imidazole rings is 1. The van der Waals surface area contributed by atoms with E-state index in [2.05, 4.69) is 15.4 Å². The van der Waals surface area contributed by atoms with Gasteiger partial charge in [-0.05, 0) is 12.8 Å². The fourth-order valence-electron chi connectivity index (χ4n) is 1.65. The maximum absolute atomic E-state index is 11.9. The van der Waals surface area contributed by atoms with Crippen LogP contribution in [0.2, 0.25) is 0 Å². The Kier molecular flexibility index (Phi) is 7.06. The number of nitrogens with one attached hydrogen (secondary N) is 2. The van der Waals surface area contributed by atoms with Gasteiger partial charge in [0.2, 0.25) is 0 Å². The number of nitrogens with two attached hydrogens (primary N) is 1. The second kappa shape index (κ2) is 8.57. The number of carbonyl (C=O) groups is 2. The average molecular weight is 282 g/mol. The summed E-state index contributed by atoms with van der Waals surface area (Å²) in [5.41, 5.74) is 8.52. The van der Waals surface area contributed by atoms with Crippen LogP contribution in [0.25, 0.3) is 0 Å². The zero-order chi connectivity index (χ0) is 15.0. The summed E-state index contributed by atoms with van der Waals surface area (Å²) in [4.78, 5) is 34.5. The Morgan fingerprint density at radius 2 is 2.30 bits per heavy atom. The van der Waals surface area contributed by atoms with Gasteiger partial charge in [-0.1, -0.05) is 6.92 Å². The summed E-state index contributed by atoms with van der Waals surface area (Å²) < 4.78 is 0. The molecule has 0 spiro atoms. The van der Waals surface area contributed by atoms with Gasteiger partial charge in [0.05, 0.1) is 6.04 Å². The van der Waals surface area contributed by atoms with Crippen molar-refractivity contribution in [3.05, 3.63) is 18.2 Å². The second-order valence-electron chi connectivity index (χ2n) is 4.96. The van der Waals surface area contributed by atoms with Gasteiger partial charge in [-0.25, -0.2) is 10.5 Å². The van der Waals surface area contributed by atoms with Crippen molar-refractivity contribution in [2.75, 3.05) is 13.2 Å². The highest BCUT2D eigenvalue weighted by Gasteiger charge is 2.18. The first-order valence-corrected chi connectivity index (χ1v) is 6.59. The lowest BCUT2D eigenvalue weighted by Crippen LogP contribution is -2.35. The first-order chi connectivity index (χ1) is 9.49. The topological polar surface area (TPSA) is 110 Å². The van der Waals surface area contributed by atoms with E-state index in [1.54, 1.807) is 12.4 Å². The van der Waals surface area contributed by atoms with E-state index in [1.165, 1.54) is 6.92 Å². The van der Waals surface area contributed by atoms with Gasteiger partial charge in [0, 0.05) is 31.8 Å². The van der Waals surface area contributed by atoms with Gasteiger partial charge in [0.1, 0.15) is 18.2 Å². The molecule has 112 valence electrons. The Bertz CT molecular complexity index is 419. The lowest BCUT2D eigenvalue weighted by atomic mass is 9.99. The fraction of sp³-hybridized carbons (Fsp3) is 0.615. The molecule has 0 bridgehead atoms. The van der Waals surface area contributed by atoms with Crippen molar-refractivity contribution in [2.24, 2.45) is 11.7 Å². The highest BCUT2D eigenvalue weighted by molar-refractivity contribution is 5.84. The molecule has 1 aromatic rings. The quantitative estimate of drug-likeness (QED) is 0.411. The molecule has 0 aliphatic carbocycles. The summed E-state index contributed by atoms with van der Waals surface area (Å²) in [7, 11) is 0. The SMILES string of the molecule is CC(=O)CONC[C@H](C)CC(=O)[C@@H](N)Cc1ncc[nH]1. The summed E-state index contributed by atoms with van der Waals surface area (Å²) in [6.45, 7) is 3.88. The Hall–Kier alpha value is -1.57. The van der Waals surface area contributed by atoms with Crippen molar-refractivity contribution in [1.82, 2.24) is 15.4 Å².